The normalized spacial score (nSPS) is 15.2. The Morgan fingerprint density at radius 3 is 2.61 bits per heavy atom. The first-order valence-corrected chi connectivity index (χ1v) is 9.26. The number of rotatable bonds is 6. The molecule has 1 aliphatic heterocycles. The van der Waals surface area contributed by atoms with E-state index in [4.69, 9.17) is 4.74 Å². The smallest absolute Gasteiger partial charge is 0.293 e. The Hall–Kier alpha value is -3.20. The maximum Gasteiger partial charge on any atom is 0.293 e. The van der Waals surface area contributed by atoms with Crippen LogP contribution in [0.15, 0.2) is 41.6 Å². The van der Waals surface area contributed by atoms with Crippen molar-refractivity contribution in [2.75, 3.05) is 20.2 Å². The van der Waals surface area contributed by atoms with Crippen molar-refractivity contribution in [1.29, 1.82) is 0 Å². The summed E-state index contributed by atoms with van der Waals surface area (Å²) >= 11 is 0.876. The van der Waals surface area contributed by atoms with Gasteiger partial charge >= 0.3 is 0 Å². The van der Waals surface area contributed by atoms with Crippen molar-refractivity contribution in [3.05, 3.63) is 58.5 Å². The number of ether oxygens (including phenoxy) is 1. The second kappa shape index (κ2) is 8.66. The van der Waals surface area contributed by atoms with E-state index < -0.39 is 5.91 Å². The molecule has 0 atom stereocenters. The third-order valence-electron chi connectivity index (χ3n) is 3.92. The number of amides is 3. The second-order valence-corrected chi connectivity index (χ2v) is 6.90. The van der Waals surface area contributed by atoms with Gasteiger partial charge in [0.2, 0.25) is 0 Å². The number of hydrogen-bond acceptors (Lipinski definition) is 7. The van der Waals surface area contributed by atoms with Gasteiger partial charge in [-0.25, -0.2) is 4.98 Å². The largest absolute Gasteiger partial charge is 0.497 e. The van der Waals surface area contributed by atoms with Crippen molar-refractivity contribution in [2.45, 2.75) is 6.92 Å². The highest BCUT2D eigenvalue weighted by atomic mass is 32.2. The highest BCUT2D eigenvalue weighted by Crippen LogP contribution is 2.32. The van der Waals surface area contributed by atoms with Crippen LogP contribution in [0, 0.1) is 6.92 Å². The molecule has 0 spiro atoms. The summed E-state index contributed by atoms with van der Waals surface area (Å²) in [4.78, 5) is 46.1. The molecule has 0 radical (unpaired) electrons. The van der Waals surface area contributed by atoms with Gasteiger partial charge in [0.1, 0.15) is 11.4 Å². The minimum atomic E-state index is -0.409. The first kappa shape index (κ1) is 19.6. The molecule has 28 heavy (non-hydrogen) atoms. The number of hydrogen-bond donors (Lipinski definition) is 1. The molecular weight excluding hydrogens is 380 g/mol. The number of aromatic nitrogens is 2. The van der Waals surface area contributed by atoms with Crippen LogP contribution in [0.2, 0.25) is 0 Å². The van der Waals surface area contributed by atoms with E-state index in [0.717, 1.165) is 22.2 Å². The van der Waals surface area contributed by atoms with Crippen molar-refractivity contribution in [1.82, 2.24) is 20.2 Å². The highest BCUT2D eigenvalue weighted by molar-refractivity contribution is 8.18. The molecule has 3 amide bonds. The molecule has 8 nitrogen and oxygen atoms in total. The van der Waals surface area contributed by atoms with Crippen LogP contribution < -0.4 is 10.1 Å². The van der Waals surface area contributed by atoms with Gasteiger partial charge in [-0.05, 0) is 42.5 Å². The lowest BCUT2D eigenvalue weighted by molar-refractivity contribution is -0.122. The predicted octanol–water partition coefficient (Wildman–Crippen LogP) is 2.26. The average Bonchev–Trinajstić information content (AvgIpc) is 2.96. The Kier molecular flexibility index (Phi) is 6.05. The number of thioether (sulfide) groups is 1. The second-order valence-electron chi connectivity index (χ2n) is 5.91. The van der Waals surface area contributed by atoms with E-state index >= 15 is 0 Å². The van der Waals surface area contributed by atoms with Gasteiger partial charge in [-0.2, -0.15) is 0 Å². The number of benzene rings is 1. The summed E-state index contributed by atoms with van der Waals surface area (Å²) in [6.07, 6.45) is 4.53. The van der Waals surface area contributed by atoms with E-state index in [1.165, 1.54) is 12.4 Å². The number of nitrogens with one attached hydrogen (secondary N) is 1. The molecule has 144 valence electrons. The van der Waals surface area contributed by atoms with Crippen LogP contribution in [0.5, 0.6) is 5.75 Å². The van der Waals surface area contributed by atoms with Crippen molar-refractivity contribution in [3.63, 3.8) is 0 Å². The van der Waals surface area contributed by atoms with E-state index in [-0.39, 0.29) is 29.9 Å². The molecule has 0 saturated carbocycles. The number of imide groups is 1. The van der Waals surface area contributed by atoms with Crippen molar-refractivity contribution >= 4 is 34.9 Å². The van der Waals surface area contributed by atoms with Crippen molar-refractivity contribution in [2.24, 2.45) is 0 Å². The molecule has 1 aliphatic rings. The molecular formula is C19H18N4O4S. The Morgan fingerprint density at radius 1 is 1.21 bits per heavy atom. The maximum atomic E-state index is 12.5. The first-order chi connectivity index (χ1) is 13.5. The number of carbonyl (C=O) groups excluding carboxylic acids is 3. The summed E-state index contributed by atoms with van der Waals surface area (Å²) in [5.74, 6) is -0.0808. The van der Waals surface area contributed by atoms with Gasteiger partial charge < -0.3 is 10.1 Å². The molecule has 2 aromatic rings. The molecule has 0 aliphatic carbocycles. The van der Waals surface area contributed by atoms with Gasteiger partial charge in [-0.3, -0.25) is 24.3 Å². The van der Waals surface area contributed by atoms with Crippen LogP contribution in [0.4, 0.5) is 4.79 Å². The van der Waals surface area contributed by atoms with E-state index in [2.05, 4.69) is 15.3 Å². The first-order valence-electron chi connectivity index (χ1n) is 8.44. The summed E-state index contributed by atoms with van der Waals surface area (Å²) in [5, 5.41) is 2.27. The van der Waals surface area contributed by atoms with Gasteiger partial charge in [-0.1, -0.05) is 12.1 Å². The van der Waals surface area contributed by atoms with Crippen molar-refractivity contribution in [3.8, 4) is 5.75 Å². The Bertz CT molecular complexity index is 926. The van der Waals surface area contributed by atoms with Gasteiger partial charge in [-0.15, -0.1) is 0 Å². The maximum absolute atomic E-state index is 12.5. The molecule has 0 bridgehead atoms. The SMILES string of the molecule is COc1ccc(/C=C2\SC(=O)N(CCNC(=O)c3cnc(C)cn3)C2=O)cc1. The van der Waals surface area contributed by atoms with Crippen LogP contribution in [-0.2, 0) is 4.79 Å². The fourth-order valence-electron chi connectivity index (χ4n) is 2.43. The zero-order chi connectivity index (χ0) is 20.1. The molecule has 2 heterocycles. The molecule has 3 rings (SSSR count). The number of nitrogens with zero attached hydrogens (tertiary/aromatic N) is 3. The van der Waals surface area contributed by atoms with Gasteiger partial charge in [0.25, 0.3) is 17.1 Å². The summed E-state index contributed by atoms with van der Waals surface area (Å²) in [7, 11) is 1.57. The topological polar surface area (TPSA) is 101 Å². The third-order valence-corrected chi connectivity index (χ3v) is 4.83. The van der Waals surface area contributed by atoms with Gasteiger partial charge in [0, 0.05) is 19.3 Å². The summed E-state index contributed by atoms with van der Waals surface area (Å²) in [6, 6.07) is 7.16. The highest BCUT2D eigenvalue weighted by Gasteiger charge is 2.34. The van der Waals surface area contributed by atoms with Gasteiger partial charge in [0.15, 0.2) is 0 Å². The van der Waals surface area contributed by atoms with Crippen LogP contribution in [0.25, 0.3) is 6.08 Å². The standard InChI is InChI=1S/C19H18N4O4S/c1-12-10-22-15(11-21-12)17(24)20-7-8-23-18(25)16(28-19(23)26)9-13-3-5-14(27-2)6-4-13/h3-6,9-11H,7-8H2,1-2H3,(H,20,24)/b16-9-. The van der Waals surface area contributed by atoms with E-state index in [1.54, 1.807) is 44.4 Å². The van der Waals surface area contributed by atoms with Crippen LogP contribution in [0.3, 0.4) is 0 Å². The third kappa shape index (κ3) is 4.55. The number of carbonyl (C=O) groups is 3. The summed E-state index contributed by atoms with van der Waals surface area (Å²) in [6.45, 7) is 1.98. The summed E-state index contributed by atoms with van der Waals surface area (Å²) in [5.41, 5.74) is 1.68. The van der Waals surface area contributed by atoms with Crippen molar-refractivity contribution < 1.29 is 19.1 Å². The van der Waals surface area contributed by atoms with E-state index in [1.807, 2.05) is 0 Å². The monoisotopic (exact) mass is 398 g/mol. The molecule has 9 heteroatoms. The quantitative estimate of drug-likeness (QED) is 0.745. The fourth-order valence-corrected chi connectivity index (χ4v) is 3.29. The Balaban J connectivity index is 1.58. The van der Waals surface area contributed by atoms with Crippen LogP contribution in [-0.4, -0.2) is 52.1 Å². The lowest BCUT2D eigenvalue weighted by atomic mass is 10.2. The number of methoxy groups -OCH3 is 1. The van der Waals surface area contributed by atoms with Gasteiger partial charge in [0.05, 0.1) is 23.9 Å². The zero-order valence-electron chi connectivity index (χ0n) is 15.3. The number of aryl methyl sites for hydroxylation is 1. The molecule has 1 N–H and O–H groups in total. The lowest BCUT2D eigenvalue weighted by Gasteiger charge is -2.12. The molecule has 1 aromatic heterocycles. The predicted molar refractivity (Wildman–Crippen MR) is 105 cm³/mol. The average molecular weight is 398 g/mol. The molecule has 1 aromatic carbocycles. The molecule has 1 fully saturated rings. The van der Waals surface area contributed by atoms with Crippen LogP contribution >= 0.6 is 11.8 Å². The fraction of sp³-hybridized carbons (Fsp3) is 0.211. The molecule has 0 unspecified atom stereocenters. The minimum Gasteiger partial charge on any atom is -0.497 e. The Labute approximate surface area is 166 Å². The summed E-state index contributed by atoms with van der Waals surface area (Å²) < 4.78 is 5.10. The van der Waals surface area contributed by atoms with E-state index in [0.29, 0.717) is 16.3 Å². The Morgan fingerprint density at radius 2 is 1.96 bits per heavy atom. The van der Waals surface area contributed by atoms with Crippen LogP contribution in [0.1, 0.15) is 21.7 Å². The minimum absolute atomic E-state index is 0.0790. The molecule has 1 saturated heterocycles. The zero-order valence-corrected chi connectivity index (χ0v) is 16.2. The lowest BCUT2D eigenvalue weighted by Crippen LogP contribution is -2.37. The van der Waals surface area contributed by atoms with E-state index in [9.17, 15) is 14.4 Å².